The Bertz CT molecular complexity index is 495. The molecule has 1 aliphatic rings. The van der Waals surface area contributed by atoms with E-state index in [1.807, 2.05) is 0 Å². The standard InChI is InChI=1S/C13H15F2NO3/c1-18-12(17)13(16)5-4-9(7-13)19-11-3-2-8(14)6-10(11)15/h2-3,6,9H,4-5,7,16H2,1H3. The molecule has 6 heteroatoms. The van der Waals surface area contributed by atoms with Crippen LogP contribution in [0, 0.1) is 11.6 Å². The zero-order chi connectivity index (χ0) is 14.0. The molecule has 0 heterocycles. The Balaban J connectivity index is 2.04. The Kier molecular flexibility index (Phi) is 3.71. The molecular weight excluding hydrogens is 256 g/mol. The van der Waals surface area contributed by atoms with Crippen molar-refractivity contribution >= 4 is 5.97 Å². The maximum Gasteiger partial charge on any atom is 0.325 e. The number of rotatable bonds is 3. The summed E-state index contributed by atoms with van der Waals surface area (Å²) in [7, 11) is 1.27. The molecule has 0 saturated heterocycles. The fraction of sp³-hybridized carbons (Fsp3) is 0.462. The van der Waals surface area contributed by atoms with Crippen molar-refractivity contribution < 1.29 is 23.0 Å². The minimum atomic E-state index is -1.09. The Morgan fingerprint density at radius 2 is 2.21 bits per heavy atom. The smallest absolute Gasteiger partial charge is 0.325 e. The van der Waals surface area contributed by atoms with E-state index in [0.29, 0.717) is 12.8 Å². The van der Waals surface area contributed by atoms with Crippen molar-refractivity contribution in [3.05, 3.63) is 29.8 Å². The monoisotopic (exact) mass is 271 g/mol. The first-order chi connectivity index (χ1) is 8.94. The molecule has 0 bridgehead atoms. The normalized spacial score (nSPS) is 26.2. The molecule has 1 aromatic carbocycles. The van der Waals surface area contributed by atoms with E-state index in [1.54, 1.807) is 0 Å². The van der Waals surface area contributed by atoms with Gasteiger partial charge in [-0.25, -0.2) is 8.78 Å². The number of ether oxygens (including phenoxy) is 2. The summed E-state index contributed by atoms with van der Waals surface area (Å²) >= 11 is 0. The first kappa shape index (κ1) is 13.7. The summed E-state index contributed by atoms with van der Waals surface area (Å²) in [5, 5.41) is 0. The average molecular weight is 271 g/mol. The molecule has 2 unspecified atom stereocenters. The van der Waals surface area contributed by atoms with Crippen LogP contribution in [0.4, 0.5) is 8.78 Å². The molecule has 4 nitrogen and oxygen atoms in total. The van der Waals surface area contributed by atoms with Crippen LogP contribution < -0.4 is 10.5 Å². The Morgan fingerprint density at radius 1 is 1.47 bits per heavy atom. The summed E-state index contributed by atoms with van der Waals surface area (Å²) in [5.41, 5.74) is 4.82. The number of halogens is 2. The Morgan fingerprint density at radius 3 is 2.84 bits per heavy atom. The molecule has 1 fully saturated rings. The van der Waals surface area contributed by atoms with Crippen LogP contribution in [-0.2, 0) is 9.53 Å². The minimum absolute atomic E-state index is 0.0412. The van der Waals surface area contributed by atoms with Crippen LogP contribution in [0.5, 0.6) is 5.75 Å². The minimum Gasteiger partial charge on any atom is -0.487 e. The lowest BCUT2D eigenvalue weighted by Crippen LogP contribution is -2.47. The second-order valence-corrected chi connectivity index (χ2v) is 4.71. The number of carbonyl (C=O) groups is 1. The predicted molar refractivity (Wildman–Crippen MR) is 63.6 cm³/mol. The number of esters is 1. The van der Waals surface area contributed by atoms with E-state index in [0.717, 1.165) is 12.1 Å². The molecule has 104 valence electrons. The van der Waals surface area contributed by atoms with Gasteiger partial charge < -0.3 is 15.2 Å². The fourth-order valence-corrected chi connectivity index (χ4v) is 2.27. The van der Waals surface area contributed by atoms with E-state index in [4.69, 9.17) is 10.5 Å². The van der Waals surface area contributed by atoms with Gasteiger partial charge in [0.25, 0.3) is 0 Å². The van der Waals surface area contributed by atoms with E-state index in [2.05, 4.69) is 4.74 Å². The molecule has 1 aromatic rings. The van der Waals surface area contributed by atoms with E-state index in [1.165, 1.54) is 13.2 Å². The van der Waals surface area contributed by atoms with E-state index in [9.17, 15) is 13.6 Å². The number of benzene rings is 1. The lowest BCUT2D eigenvalue weighted by atomic mass is 10.00. The number of hydrogen-bond donors (Lipinski definition) is 1. The Labute approximate surface area is 109 Å². The van der Waals surface area contributed by atoms with Crippen LogP contribution >= 0.6 is 0 Å². The molecule has 0 spiro atoms. The molecule has 0 amide bonds. The molecule has 2 atom stereocenters. The molecule has 1 aliphatic carbocycles. The number of carbonyl (C=O) groups excluding carboxylic acids is 1. The highest BCUT2D eigenvalue weighted by atomic mass is 19.1. The first-order valence-electron chi connectivity index (χ1n) is 5.93. The molecule has 0 radical (unpaired) electrons. The van der Waals surface area contributed by atoms with Gasteiger partial charge in [-0.3, -0.25) is 4.79 Å². The summed E-state index contributed by atoms with van der Waals surface area (Å²) in [6, 6.07) is 3.09. The summed E-state index contributed by atoms with van der Waals surface area (Å²) in [5.74, 6) is -1.98. The van der Waals surface area contributed by atoms with Gasteiger partial charge in [0.05, 0.1) is 7.11 Å². The molecular formula is C13H15F2NO3. The highest BCUT2D eigenvalue weighted by Crippen LogP contribution is 2.32. The van der Waals surface area contributed by atoms with Crippen LogP contribution in [-0.4, -0.2) is 24.7 Å². The quantitative estimate of drug-likeness (QED) is 0.851. The molecule has 1 saturated carbocycles. The second-order valence-electron chi connectivity index (χ2n) is 4.71. The van der Waals surface area contributed by atoms with Crippen molar-refractivity contribution in [3.63, 3.8) is 0 Å². The van der Waals surface area contributed by atoms with E-state index >= 15 is 0 Å². The summed E-state index contributed by atoms with van der Waals surface area (Å²) < 4.78 is 36.2. The van der Waals surface area contributed by atoms with Crippen molar-refractivity contribution in [2.24, 2.45) is 5.73 Å². The highest BCUT2D eigenvalue weighted by molar-refractivity contribution is 5.80. The molecule has 2 rings (SSSR count). The van der Waals surface area contributed by atoms with Crippen LogP contribution in [0.3, 0.4) is 0 Å². The predicted octanol–water partition coefficient (Wildman–Crippen LogP) is 1.77. The van der Waals surface area contributed by atoms with Gasteiger partial charge in [-0.05, 0) is 25.0 Å². The maximum absolute atomic E-state index is 13.4. The number of methoxy groups -OCH3 is 1. The average Bonchev–Trinajstić information content (AvgIpc) is 2.75. The number of hydrogen-bond acceptors (Lipinski definition) is 4. The third-order valence-electron chi connectivity index (χ3n) is 3.28. The van der Waals surface area contributed by atoms with Gasteiger partial charge >= 0.3 is 5.97 Å². The largest absolute Gasteiger partial charge is 0.487 e. The molecule has 19 heavy (non-hydrogen) atoms. The fourth-order valence-electron chi connectivity index (χ4n) is 2.27. The van der Waals surface area contributed by atoms with Gasteiger partial charge in [0, 0.05) is 12.5 Å². The van der Waals surface area contributed by atoms with E-state index in [-0.39, 0.29) is 18.3 Å². The zero-order valence-electron chi connectivity index (χ0n) is 10.5. The lowest BCUT2D eigenvalue weighted by molar-refractivity contribution is -0.147. The van der Waals surface area contributed by atoms with Gasteiger partial charge in [-0.2, -0.15) is 0 Å². The second kappa shape index (κ2) is 5.13. The SMILES string of the molecule is COC(=O)C1(N)CCC(Oc2ccc(F)cc2F)C1. The first-order valence-corrected chi connectivity index (χ1v) is 5.93. The number of nitrogens with two attached hydrogens (primary N) is 1. The highest BCUT2D eigenvalue weighted by Gasteiger charge is 2.44. The van der Waals surface area contributed by atoms with Gasteiger partial charge in [-0.15, -0.1) is 0 Å². The lowest BCUT2D eigenvalue weighted by Gasteiger charge is -2.21. The van der Waals surface area contributed by atoms with Crippen molar-refractivity contribution in [2.75, 3.05) is 7.11 Å². The van der Waals surface area contributed by atoms with Crippen molar-refractivity contribution in [3.8, 4) is 5.75 Å². The van der Waals surface area contributed by atoms with Gasteiger partial charge in [0.15, 0.2) is 11.6 Å². The summed E-state index contributed by atoms with van der Waals surface area (Å²) in [6.07, 6.45) is 0.788. The van der Waals surface area contributed by atoms with Crippen molar-refractivity contribution in [1.29, 1.82) is 0 Å². The topological polar surface area (TPSA) is 61.5 Å². The van der Waals surface area contributed by atoms with Gasteiger partial charge in [0.1, 0.15) is 17.5 Å². The van der Waals surface area contributed by atoms with Crippen LogP contribution in [0.1, 0.15) is 19.3 Å². The maximum atomic E-state index is 13.4. The Hall–Kier alpha value is -1.69. The van der Waals surface area contributed by atoms with E-state index < -0.39 is 23.1 Å². The molecule has 0 aromatic heterocycles. The summed E-state index contributed by atoms with van der Waals surface area (Å²) in [4.78, 5) is 11.5. The molecule has 0 aliphatic heterocycles. The zero-order valence-corrected chi connectivity index (χ0v) is 10.5. The van der Waals surface area contributed by atoms with Gasteiger partial charge in [-0.1, -0.05) is 0 Å². The van der Waals surface area contributed by atoms with Crippen LogP contribution in [0.2, 0.25) is 0 Å². The third kappa shape index (κ3) is 2.84. The summed E-state index contributed by atoms with van der Waals surface area (Å²) in [6.45, 7) is 0. The third-order valence-corrected chi connectivity index (χ3v) is 3.28. The van der Waals surface area contributed by atoms with Crippen LogP contribution in [0.25, 0.3) is 0 Å². The van der Waals surface area contributed by atoms with Crippen molar-refractivity contribution in [1.82, 2.24) is 0 Å². The molecule has 2 N–H and O–H groups in total. The van der Waals surface area contributed by atoms with Gasteiger partial charge in [0.2, 0.25) is 0 Å². The van der Waals surface area contributed by atoms with Crippen LogP contribution in [0.15, 0.2) is 18.2 Å². The van der Waals surface area contributed by atoms with Crippen molar-refractivity contribution in [2.45, 2.75) is 30.9 Å².